The van der Waals surface area contributed by atoms with E-state index in [4.69, 9.17) is 5.26 Å². The maximum absolute atomic E-state index is 13.9. The van der Waals surface area contributed by atoms with E-state index in [1.54, 1.807) is 13.1 Å². The number of anilines is 2. The summed E-state index contributed by atoms with van der Waals surface area (Å²) in [6.45, 7) is 3.01. The number of rotatable bonds is 3. The number of hydrogen-bond acceptors (Lipinski definition) is 5. The molecule has 1 N–H and O–H groups in total. The van der Waals surface area contributed by atoms with Gasteiger partial charge >= 0.3 is 0 Å². The van der Waals surface area contributed by atoms with E-state index in [0.717, 1.165) is 37.3 Å². The molecule has 0 radical (unpaired) electrons. The van der Waals surface area contributed by atoms with Gasteiger partial charge in [0.05, 0.1) is 5.69 Å². The maximum atomic E-state index is 13.9. The van der Waals surface area contributed by atoms with Crippen molar-refractivity contribution in [2.24, 2.45) is 0 Å². The van der Waals surface area contributed by atoms with Crippen molar-refractivity contribution < 1.29 is 8.78 Å². The number of nitrogens with one attached hydrogen (secondary N) is 1. The van der Waals surface area contributed by atoms with Crippen LogP contribution in [0.4, 0.5) is 20.5 Å². The topological polar surface area (TPSA) is 64.8 Å². The predicted octanol–water partition coefficient (Wildman–Crippen LogP) is 3.32. The monoisotopic (exact) mass is 329 g/mol. The Morgan fingerprint density at radius 1 is 1.25 bits per heavy atom. The first kappa shape index (κ1) is 16.1. The standard InChI is InChI=1S/C17H17F2N5/c1-10-4-3-5-24(10)16-8-15(22-17(21-2)23-16)11-6-13(18)12(9-20)14(19)7-11/h6-8,10H,3-5H2,1-2H3,(H,21,22,23). The number of benzene rings is 1. The van der Waals surface area contributed by atoms with E-state index in [0.29, 0.717) is 17.7 Å². The Morgan fingerprint density at radius 3 is 2.50 bits per heavy atom. The number of halogens is 2. The van der Waals surface area contributed by atoms with E-state index < -0.39 is 17.2 Å². The zero-order valence-corrected chi connectivity index (χ0v) is 13.5. The summed E-state index contributed by atoms with van der Waals surface area (Å²) in [6.07, 6.45) is 2.16. The molecular formula is C17H17F2N5. The summed E-state index contributed by atoms with van der Waals surface area (Å²) in [4.78, 5) is 10.9. The quantitative estimate of drug-likeness (QED) is 0.936. The maximum Gasteiger partial charge on any atom is 0.224 e. The van der Waals surface area contributed by atoms with Crippen LogP contribution in [0.2, 0.25) is 0 Å². The highest BCUT2D eigenvalue weighted by molar-refractivity contribution is 5.66. The summed E-state index contributed by atoms with van der Waals surface area (Å²) in [5, 5.41) is 11.7. The van der Waals surface area contributed by atoms with Crippen molar-refractivity contribution in [1.29, 1.82) is 5.26 Å². The third kappa shape index (κ3) is 2.87. The van der Waals surface area contributed by atoms with Crippen LogP contribution in [0.15, 0.2) is 18.2 Å². The van der Waals surface area contributed by atoms with E-state index in [2.05, 4.69) is 27.1 Å². The van der Waals surface area contributed by atoms with Crippen molar-refractivity contribution in [3.63, 3.8) is 0 Å². The van der Waals surface area contributed by atoms with Crippen LogP contribution in [-0.4, -0.2) is 29.6 Å². The highest BCUT2D eigenvalue weighted by Crippen LogP contribution is 2.29. The highest BCUT2D eigenvalue weighted by Gasteiger charge is 2.23. The van der Waals surface area contributed by atoms with Gasteiger partial charge in [0, 0.05) is 31.3 Å². The molecule has 1 fully saturated rings. The largest absolute Gasteiger partial charge is 0.357 e. The summed E-state index contributed by atoms with van der Waals surface area (Å²) >= 11 is 0. The molecule has 1 aliphatic rings. The lowest BCUT2D eigenvalue weighted by Gasteiger charge is -2.23. The lowest BCUT2D eigenvalue weighted by Crippen LogP contribution is -2.27. The summed E-state index contributed by atoms with van der Waals surface area (Å²) in [5.74, 6) is -0.687. The van der Waals surface area contributed by atoms with Crippen LogP contribution in [0.5, 0.6) is 0 Å². The molecule has 1 unspecified atom stereocenters. The molecule has 0 spiro atoms. The first-order valence-corrected chi connectivity index (χ1v) is 7.76. The van der Waals surface area contributed by atoms with Crippen LogP contribution in [0.1, 0.15) is 25.3 Å². The second-order valence-corrected chi connectivity index (χ2v) is 5.80. The third-order valence-corrected chi connectivity index (χ3v) is 4.23. The van der Waals surface area contributed by atoms with Gasteiger partial charge in [-0.25, -0.2) is 13.8 Å². The van der Waals surface area contributed by atoms with Crippen molar-refractivity contribution in [2.75, 3.05) is 23.8 Å². The van der Waals surface area contributed by atoms with Gasteiger partial charge in [-0.1, -0.05) is 0 Å². The molecule has 2 aromatic rings. The van der Waals surface area contributed by atoms with E-state index in [1.807, 2.05) is 0 Å². The minimum absolute atomic E-state index is 0.274. The Kier molecular flexibility index (Phi) is 4.30. The highest BCUT2D eigenvalue weighted by atomic mass is 19.1. The van der Waals surface area contributed by atoms with Crippen molar-refractivity contribution in [3.8, 4) is 17.3 Å². The van der Waals surface area contributed by atoms with Crippen LogP contribution < -0.4 is 10.2 Å². The Hall–Kier alpha value is -2.75. The Labute approximate surface area is 139 Å². The van der Waals surface area contributed by atoms with Gasteiger partial charge in [0.15, 0.2) is 0 Å². The normalized spacial score (nSPS) is 17.0. The van der Waals surface area contributed by atoms with Gasteiger partial charge in [0.2, 0.25) is 5.95 Å². The SMILES string of the molecule is CNc1nc(-c2cc(F)c(C#N)c(F)c2)cc(N2CCCC2C)n1. The minimum atomic E-state index is -0.895. The Bertz CT molecular complexity index is 792. The molecule has 3 rings (SSSR count). The molecule has 0 amide bonds. The van der Waals surface area contributed by atoms with Gasteiger partial charge in [-0.05, 0) is 31.9 Å². The molecule has 0 bridgehead atoms. The van der Waals surface area contributed by atoms with Crippen LogP contribution in [0.3, 0.4) is 0 Å². The summed E-state index contributed by atoms with van der Waals surface area (Å²) in [5.41, 5.74) is 0.0942. The molecule has 5 nitrogen and oxygen atoms in total. The molecule has 7 heteroatoms. The van der Waals surface area contributed by atoms with Gasteiger partial charge in [-0.2, -0.15) is 10.2 Å². The molecule has 1 aliphatic heterocycles. The van der Waals surface area contributed by atoms with Crippen LogP contribution >= 0.6 is 0 Å². The zero-order valence-electron chi connectivity index (χ0n) is 13.5. The lowest BCUT2D eigenvalue weighted by molar-refractivity contribution is 0.577. The van der Waals surface area contributed by atoms with Gasteiger partial charge < -0.3 is 10.2 Å². The van der Waals surface area contributed by atoms with Gasteiger partial charge in [-0.15, -0.1) is 0 Å². The van der Waals surface area contributed by atoms with E-state index >= 15 is 0 Å². The summed E-state index contributed by atoms with van der Waals surface area (Å²) in [7, 11) is 1.69. The number of nitriles is 1. The molecule has 2 heterocycles. The number of nitrogens with zero attached hydrogens (tertiary/aromatic N) is 4. The van der Waals surface area contributed by atoms with E-state index in [1.165, 1.54) is 6.07 Å². The average Bonchev–Trinajstić information content (AvgIpc) is 3.00. The molecule has 124 valence electrons. The average molecular weight is 329 g/mol. The second kappa shape index (κ2) is 6.40. The number of aromatic nitrogens is 2. The molecule has 1 saturated heterocycles. The first-order valence-electron chi connectivity index (χ1n) is 7.76. The second-order valence-electron chi connectivity index (χ2n) is 5.80. The van der Waals surface area contributed by atoms with E-state index in [-0.39, 0.29) is 5.56 Å². The summed E-state index contributed by atoms with van der Waals surface area (Å²) < 4.78 is 27.8. The Balaban J connectivity index is 2.10. The lowest BCUT2D eigenvalue weighted by atomic mass is 10.1. The van der Waals surface area contributed by atoms with Gasteiger partial charge in [0.25, 0.3) is 0 Å². The fourth-order valence-electron chi connectivity index (χ4n) is 2.94. The van der Waals surface area contributed by atoms with Crippen molar-refractivity contribution in [2.45, 2.75) is 25.8 Å². The van der Waals surface area contributed by atoms with Crippen molar-refractivity contribution in [3.05, 3.63) is 35.4 Å². The predicted molar refractivity (Wildman–Crippen MR) is 87.7 cm³/mol. The fourth-order valence-corrected chi connectivity index (χ4v) is 2.94. The third-order valence-electron chi connectivity index (χ3n) is 4.23. The van der Waals surface area contributed by atoms with Crippen LogP contribution in [-0.2, 0) is 0 Å². The van der Waals surface area contributed by atoms with Crippen LogP contribution in [0, 0.1) is 23.0 Å². The molecule has 0 aliphatic carbocycles. The van der Waals surface area contributed by atoms with Crippen LogP contribution in [0.25, 0.3) is 11.3 Å². The van der Waals surface area contributed by atoms with Crippen molar-refractivity contribution in [1.82, 2.24) is 9.97 Å². The zero-order chi connectivity index (χ0) is 17.3. The first-order chi connectivity index (χ1) is 11.5. The molecule has 1 aromatic carbocycles. The molecule has 1 aromatic heterocycles. The fraction of sp³-hybridized carbons (Fsp3) is 0.353. The van der Waals surface area contributed by atoms with Gasteiger partial charge in [-0.3, -0.25) is 0 Å². The molecular weight excluding hydrogens is 312 g/mol. The number of hydrogen-bond donors (Lipinski definition) is 1. The molecule has 1 atom stereocenters. The minimum Gasteiger partial charge on any atom is -0.357 e. The van der Waals surface area contributed by atoms with Gasteiger partial charge in [0.1, 0.15) is 29.1 Å². The molecule has 24 heavy (non-hydrogen) atoms. The van der Waals surface area contributed by atoms with E-state index in [9.17, 15) is 8.78 Å². The Morgan fingerprint density at radius 2 is 1.96 bits per heavy atom. The summed E-state index contributed by atoms with van der Waals surface area (Å²) in [6, 6.07) is 5.85. The smallest absolute Gasteiger partial charge is 0.224 e. The molecule has 0 saturated carbocycles. The van der Waals surface area contributed by atoms with Crippen molar-refractivity contribution >= 4 is 11.8 Å².